The Morgan fingerprint density at radius 3 is 2.20 bits per heavy atom. The molecule has 3 heteroatoms. The van der Waals surface area contributed by atoms with Crippen LogP contribution >= 0.6 is 0 Å². The fourth-order valence-electron chi connectivity index (χ4n) is 1.30. The van der Waals surface area contributed by atoms with Crippen LogP contribution in [-0.2, 0) is 4.79 Å². The highest BCUT2D eigenvalue weighted by atomic mass is 16.3. The first-order valence-corrected chi connectivity index (χ1v) is 5.76. The molecule has 0 heterocycles. The Labute approximate surface area is 93.3 Å². The number of aliphatic hydroxyl groups is 1. The molecule has 1 unspecified atom stereocenters. The Balaban J connectivity index is 4.11. The Bertz CT molecular complexity index is 210. The maximum Gasteiger partial charge on any atom is 0.225 e. The van der Waals surface area contributed by atoms with Gasteiger partial charge in [-0.05, 0) is 19.8 Å². The number of hydrogen-bond donors (Lipinski definition) is 2. The zero-order chi connectivity index (χ0) is 12.1. The number of nitrogens with one attached hydrogen (secondary N) is 1. The lowest BCUT2D eigenvalue weighted by Gasteiger charge is -2.27. The van der Waals surface area contributed by atoms with Gasteiger partial charge >= 0.3 is 0 Å². The van der Waals surface area contributed by atoms with Gasteiger partial charge in [-0.15, -0.1) is 0 Å². The Kier molecular flexibility index (Phi) is 5.29. The summed E-state index contributed by atoms with van der Waals surface area (Å²) < 4.78 is 0. The summed E-state index contributed by atoms with van der Waals surface area (Å²) >= 11 is 0. The summed E-state index contributed by atoms with van der Waals surface area (Å²) in [6.45, 7) is 9.93. The van der Waals surface area contributed by atoms with Gasteiger partial charge in [0.1, 0.15) is 0 Å². The van der Waals surface area contributed by atoms with Gasteiger partial charge in [-0.2, -0.15) is 0 Å². The summed E-state index contributed by atoms with van der Waals surface area (Å²) in [7, 11) is 0. The van der Waals surface area contributed by atoms with Gasteiger partial charge in [0, 0.05) is 12.0 Å². The van der Waals surface area contributed by atoms with E-state index in [0.717, 1.165) is 12.8 Å². The number of carbonyl (C=O) groups is 1. The molecule has 0 aromatic heterocycles. The van der Waals surface area contributed by atoms with Crippen molar-refractivity contribution in [2.45, 2.75) is 59.5 Å². The summed E-state index contributed by atoms with van der Waals surface area (Å²) in [4.78, 5) is 11.7. The molecule has 0 fully saturated rings. The number of rotatable bonds is 6. The highest BCUT2D eigenvalue weighted by molar-refractivity contribution is 5.81. The van der Waals surface area contributed by atoms with Gasteiger partial charge in [0.05, 0.1) is 5.60 Å². The zero-order valence-corrected chi connectivity index (χ0v) is 10.7. The minimum absolute atomic E-state index is 0.0152. The van der Waals surface area contributed by atoms with Crippen molar-refractivity contribution in [1.82, 2.24) is 5.32 Å². The lowest BCUT2D eigenvalue weighted by Crippen LogP contribution is -2.45. The molecule has 15 heavy (non-hydrogen) atoms. The molecule has 3 nitrogen and oxygen atoms in total. The van der Waals surface area contributed by atoms with Crippen molar-refractivity contribution in [3.63, 3.8) is 0 Å². The van der Waals surface area contributed by atoms with Crippen molar-refractivity contribution in [1.29, 1.82) is 0 Å². The minimum atomic E-state index is -0.784. The second kappa shape index (κ2) is 5.50. The molecule has 2 N–H and O–H groups in total. The van der Waals surface area contributed by atoms with Crippen molar-refractivity contribution < 1.29 is 9.90 Å². The van der Waals surface area contributed by atoms with Crippen LogP contribution in [0.3, 0.4) is 0 Å². The van der Waals surface area contributed by atoms with Gasteiger partial charge in [0.25, 0.3) is 0 Å². The van der Waals surface area contributed by atoms with Gasteiger partial charge < -0.3 is 10.4 Å². The SMILES string of the molecule is CCCC(C)(O)CNC(=O)C(C)(C)CC. The molecule has 0 spiro atoms. The van der Waals surface area contributed by atoms with Crippen molar-refractivity contribution in [3.05, 3.63) is 0 Å². The average molecular weight is 215 g/mol. The maximum absolute atomic E-state index is 11.7. The molecule has 1 amide bonds. The molecule has 0 aromatic rings. The van der Waals surface area contributed by atoms with Crippen molar-refractivity contribution in [2.75, 3.05) is 6.54 Å². The molecule has 90 valence electrons. The van der Waals surface area contributed by atoms with Crippen LogP contribution in [0.1, 0.15) is 53.9 Å². The van der Waals surface area contributed by atoms with E-state index >= 15 is 0 Å². The quantitative estimate of drug-likeness (QED) is 0.713. The first kappa shape index (κ1) is 14.4. The third-order valence-electron chi connectivity index (χ3n) is 2.92. The fourth-order valence-corrected chi connectivity index (χ4v) is 1.30. The van der Waals surface area contributed by atoms with E-state index in [-0.39, 0.29) is 11.3 Å². The van der Waals surface area contributed by atoms with Crippen molar-refractivity contribution in [3.8, 4) is 0 Å². The predicted octanol–water partition coefficient (Wildman–Crippen LogP) is 2.09. The van der Waals surface area contributed by atoms with E-state index in [4.69, 9.17) is 0 Å². The van der Waals surface area contributed by atoms with E-state index in [1.54, 1.807) is 6.92 Å². The zero-order valence-electron chi connectivity index (χ0n) is 10.7. The Hall–Kier alpha value is -0.570. The van der Waals surface area contributed by atoms with Gasteiger partial charge in [-0.3, -0.25) is 4.79 Å². The van der Waals surface area contributed by atoms with E-state index < -0.39 is 5.60 Å². The van der Waals surface area contributed by atoms with E-state index in [1.807, 2.05) is 27.7 Å². The Morgan fingerprint density at radius 1 is 1.27 bits per heavy atom. The van der Waals surface area contributed by atoms with Crippen LogP contribution in [0.5, 0.6) is 0 Å². The number of hydrogen-bond acceptors (Lipinski definition) is 2. The van der Waals surface area contributed by atoms with E-state index in [9.17, 15) is 9.90 Å². The molecule has 0 bridgehead atoms. The first-order chi connectivity index (χ1) is 6.75. The summed E-state index contributed by atoms with van der Waals surface area (Å²) in [6, 6.07) is 0. The Morgan fingerprint density at radius 2 is 1.80 bits per heavy atom. The second-order valence-electron chi connectivity index (χ2n) is 5.17. The topological polar surface area (TPSA) is 49.3 Å². The first-order valence-electron chi connectivity index (χ1n) is 5.76. The predicted molar refractivity (Wildman–Crippen MR) is 62.6 cm³/mol. The molecular formula is C12H25NO2. The van der Waals surface area contributed by atoms with Gasteiger partial charge in [0.2, 0.25) is 5.91 Å². The second-order valence-corrected chi connectivity index (χ2v) is 5.17. The van der Waals surface area contributed by atoms with Gasteiger partial charge in [0.15, 0.2) is 0 Å². The van der Waals surface area contributed by atoms with Crippen LogP contribution in [0.25, 0.3) is 0 Å². The van der Waals surface area contributed by atoms with Crippen LogP contribution < -0.4 is 5.32 Å². The van der Waals surface area contributed by atoms with Crippen molar-refractivity contribution >= 4 is 5.91 Å². The molecule has 0 saturated carbocycles. The maximum atomic E-state index is 11.7. The molecule has 0 aliphatic carbocycles. The molecule has 0 aliphatic heterocycles. The normalized spacial score (nSPS) is 15.9. The highest BCUT2D eigenvalue weighted by Gasteiger charge is 2.27. The highest BCUT2D eigenvalue weighted by Crippen LogP contribution is 2.20. The standard InChI is InChI=1S/C12H25NO2/c1-6-8-12(5,15)9-13-10(14)11(3,4)7-2/h15H,6-9H2,1-5H3,(H,13,14). The summed E-state index contributed by atoms with van der Waals surface area (Å²) in [5.41, 5.74) is -1.13. The van der Waals surface area contributed by atoms with Crippen LogP contribution in [0.15, 0.2) is 0 Å². The summed E-state index contributed by atoms with van der Waals surface area (Å²) in [5, 5.41) is 12.7. The average Bonchev–Trinajstić information content (AvgIpc) is 2.14. The monoisotopic (exact) mass is 215 g/mol. The van der Waals surface area contributed by atoms with E-state index in [2.05, 4.69) is 5.32 Å². The van der Waals surface area contributed by atoms with Crippen molar-refractivity contribution in [2.24, 2.45) is 5.41 Å². The lowest BCUT2D eigenvalue weighted by molar-refractivity contribution is -0.130. The summed E-state index contributed by atoms with van der Waals surface area (Å²) in [6.07, 6.45) is 2.43. The van der Waals surface area contributed by atoms with Gasteiger partial charge in [-0.25, -0.2) is 0 Å². The summed E-state index contributed by atoms with van der Waals surface area (Å²) in [5.74, 6) is 0.0152. The molecule has 0 aromatic carbocycles. The fraction of sp³-hybridized carbons (Fsp3) is 0.917. The van der Waals surface area contributed by atoms with Crippen LogP contribution in [-0.4, -0.2) is 23.2 Å². The molecule has 0 rings (SSSR count). The molecule has 1 atom stereocenters. The molecule has 0 aliphatic rings. The minimum Gasteiger partial charge on any atom is -0.388 e. The largest absolute Gasteiger partial charge is 0.388 e. The molecule has 0 saturated heterocycles. The smallest absolute Gasteiger partial charge is 0.225 e. The molecule has 0 radical (unpaired) electrons. The lowest BCUT2D eigenvalue weighted by atomic mass is 9.89. The molecular weight excluding hydrogens is 190 g/mol. The third kappa shape index (κ3) is 5.17. The van der Waals surface area contributed by atoms with Crippen LogP contribution in [0, 0.1) is 5.41 Å². The van der Waals surface area contributed by atoms with Crippen LogP contribution in [0.2, 0.25) is 0 Å². The van der Waals surface area contributed by atoms with E-state index in [1.165, 1.54) is 0 Å². The third-order valence-corrected chi connectivity index (χ3v) is 2.92. The number of carbonyl (C=O) groups excluding carboxylic acids is 1. The van der Waals surface area contributed by atoms with Crippen LogP contribution in [0.4, 0.5) is 0 Å². The van der Waals surface area contributed by atoms with Gasteiger partial charge in [-0.1, -0.05) is 34.1 Å². The number of amides is 1. The van der Waals surface area contributed by atoms with E-state index in [0.29, 0.717) is 13.0 Å².